The van der Waals surface area contributed by atoms with Crippen LogP contribution in [-0.2, 0) is 17.7 Å². The SMILES string of the molecule is C[C@H]1[C@H]([Si](C)(C)F)[C@@H](CCn2cc(C(CO)c3ccccc3)nn2)O[C@H]1CCc1cccc(N2C(=O)c3cccc4cccc2c34)c1. The van der Waals surface area contributed by atoms with Crippen LogP contribution in [0.1, 0.15) is 52.9 Å². The summed E-state index contributed by atoms with van der Waals surface area (Å²) in [6.45, 7) is 6.23. The van der Waals surface area contributed by atoms with Gasteiger partial charge < -0.3 is 14.0 Å². The largest absolute Gasteiger partial charge is 0.395 e. The molecule has 1 saturated heterocycles. The molecule has 1 aromatic heterocycles. The Hall–Kier alpha value is -4.18. The number of aromatic nitrogens is 3. The van der Waals surface area contributed by atoms with E-state index in [1.165, 1.54) is 0 Å². The molecule has 47 heavy (non-hydrogen) atoms. The third-order valence-electron chi connectivity index (χ3n) is 10.1. The van der Waals surface area contributed by atoms with Crippen molar-refractivity contribution in [2.75, 3.05) is 11.5 Å². The molecule has 7 rings (SSSR count). The molecular weight excluding hydrogens is 608 g/mol. The number of rotatable bonds is 11. The van der Waals surface area contributed by atoms with E-state index in [0.29, 0.717) is 18.7 Å². The zero-order chi connectivity index (χ0) is 32.7. The third-order valence-corrected chi connectivity index (χ3v) is 12.6. The lowest BCUT2D eigenvalue weighted by molar-refractivity contribution is 0.0247. The summed E-state index contributed by atoms with van der Waals surface area (Å²) >= 11 is 0. The predicted octanol–water partition coefficient (Wildman–Crippen LogP) is 7.82. The van der Waals surface area contributed by atoms with Crippen LogP contribution in [0.15, 0.2) is 97.2 Å². The summed E-state index contributed by atoms with van der Waals surface area (Å²) in [4.78, 5) is 15.3. The zero-order valence-corrected chi connectivity index (χ0v) is 28.1. The normalized spacial score (nSPS) is 21.6. The molecule has 2 aliphatic heterocycles. The predicted molar refractivity (Wildman–Crippen MR) is 185 cm³/mol. The monoisotopic (exact) mass is 648 g/mol. The smallest absolute Gasteiger partial charge is 0.263 e. The number of anilines is 2. The highest BCUT2D eigenvalue weighted by atomic mass is 28.4. The van der Waals surface area contributed by atoms with Gasteiger partial charge in [0.15, 0.2) is 0 Å². The van der Waals surface area contributed by atoms with Crippen molar-refractivity contribution < 1.29 is 18.7 Å². The van der Waals surface area contributed by atoms with Crippen molar-refractivity contribution in [1.29, 1.82) is 0 Å². The molecule has 2 aliphatic rings. The Labute approximate surface area is 276 Å². The molecule has 0 aliphatic carbocycles. The number of nitrogens with zero attached hydrogens (tertiary/aromatic N) is 4. The number of aliphatic hydroxyl groups excluding tert-OH is 1. The fourth-order valence-corrected chi connectivity index (χ4v) is 10.5. The van der Waals surface area contributed by atoms with Crippen molar-refractivity contribution in [3.05, 3.63) is 120 Å². The molecule has 242 valence electrons. The fourth-order valence-electron chi connectivity index (χ4n) is 7.88. The number of aliphatic hydroxyl groups is 1. The number of aryl methyl sites for hydroxylation is 2. The molecule has 1 fully saturated rings. The Morgan fingerprint density at radius 2 is 1.72 bits per heavy atom. The first kappa shape index (κ1) is 31.4. The highest BCUT2D eigenvalue weighted by Crippen LogP contribution is 2.47. The summed E-state index contributed by atoms with van der Waals surface area (Å²) in [6.07, 6.45) is 3.80. The third kappa shape index (κ3) is 6.03. The molecule has 1 unspecified atom stereocenters. The van der Waals surface area contributed by atoms with Crippen LogP contribution in [0.5, 0.6) is 0 Å². The molecule has 5 atom stereocenters. The Morgan fingerprint density at radius 1 is 0.957 bits per heavy atom. The fraction of sp³-hybridized carbons (Fsp3) is 0.342. The Bertz CT molecular complexity index is 1890. The lowest BCUT2D eigenvalue weighted by atomic mass is 9.95. The van der Waals surface area contributed by atoms with Gasteiger partial charge in [-0.05, 0) is 79.1 Å². The van der Waals surface area contributed by atoms with Crippen LogP contribution >= 0.6 is 0 Å². The number of halogens is 1. The zero-order valence-electron chi connectivity index (χ0n) is 27.1. The molecule has 1 amide bonds. The second-order valence-corrected chi connectivity index (χ2v) is 17.3. The van der Waals surface area contributed by atoms with Gasteiger partial charge in [0.05, 0.1) is 41.7 Å². The van der Waals surface area contributed by atoms with Gasteiger partial charge in [0, 0.05) is 29.4 Å². The van der Waals surface area contributed by atoms with Crippen molar-refractivity contribution in [3.63, 3.8) is 0 Å². The van der Waals surface area contributed by atoms with Gasteiger partial charge in [0.25, 0.3) is 5.91 Å². The maximum atomic E-state index is 15.8. The van der Waals surface area contributed by atoms with E-state index in [4.69, 9.17) is 4.74 Å². The van der Waals surface area contributed by atoms with E-state index in [2.05, 4.69) is 29.4 Å². The van der Waals surface area contributed by atoms with Crippen LogP contribution in [0.25, 0.3) is 10.8 Å². The van der Waals surface area contributed by atoms with Gasteiger partial charge in [-0.1, -0.05) is 78.9 Å². The highest BCUT2D eigenvalue weighted by molar-refractivity contribution is 6.72. The number of hydrogen-bond acceptors (Lipinski definition) is 5. The Kier molecular flexibility index (Phi) is 8.55. The first-order valence-electron chi connectivity index (χ1n) is 16.6. The molecule has 0 saturated carbocycles. The lowest BCUT2D eigenvalue weighted by Gasteiger charge is -2.28. The molecule has 3 heterocycles. The minimum atomic E-state index is -3.04. The first-order valence-corrected chi connectivity index (χ1v) is 19.5. The second kappa shape index (κ2) is 12.8. The van der Waals surface area contributed by atoms with Crippen molar-refractivity contribution >= 4 is 36.5 Å². The van der Waals surface area contributed by atoms with Crippen molar-refractivity contribution in [2.24, 2.45) is 5.92 Å². The number of hydrogen-bond donors (Lipinski definition) is 1. The summed E-state index contributed by atoms with van der Waals surface area (Å²) < 4.78 is 24.3. The number of amides is 1. The summed E-state index contributed by atoms with van der Waals surface area (Å²) in [5.74, 6) is -0.160. The van der Waals surface area contributed by atoms with Crippen LogP contribution in [-0.4, -0.2) is 53.2 Å². The van der Waals surface area contributed by atoms with E-state index in [-0.39, 0.29) is 42.1 Å². The van der Waals surface area contributed by atoms with E-state index in [0.717, 1.165) is 51.7 Å². The molecule has 0 radical (unpaired) electrons. The summed E-state index contributed by atoms with van der Waals surface area (Å²) in [6, 6.07) is 29.9. The first-order chi connectivity index (χ1) is 22.7. The minimum absolute atomic E-state index is 0.00559. The molecule has 0 spiro atoms. The molecule has 1 N–H and O–H groups in total. The summed E-state index contributed by atoms with van der Waals surface area (Å²) in [5, 5.41) is 20.8. The quantitative estimate of drug-likeness (QED) is 0.117. The standard InChI is InChI=1S/C38H41FN4O3Si/c1-25-34(19-18-26-10-7-15-29(22-26)43-33-17-9-14-28-13-8-16-30(36(28)33)38(43)45)46-35(37(25)47(2,3)39)20-21-42-23-32(40-41-42)31(24-44)27-11-5-4-6-12-27/h4-17,22-23,25,31,34-35,37,44H,18-21,24H2,1-3H3/t25-,31?,34+,35-,37+/m1/s1. The Balaban J connectivity index is 1.03. The van der Waals surface area contributed by atoms with Gasteiger partial charge >= 0.3 is 0 Å². The maximum absolute atomic E-state index is 15.8. The molecule has 4 aromatic carbocycles. The molecule has 9 heteroatoms. The van der Waals surface area contributed by atoms with E-state index < -0.39 is 8.41 Å². The van der Waals surface area contributed by atoms with E-state index >= 15 is 4.11 Å². The van der Waals surface area contributed by atoms with Crippen LogP contribution < -0.4 is 4.90 Å². The van der Waals surface area contributed by atoms with Gasteiger partial charge in [-0.2, -0.15) is 0 Å². The van der Waals surface area contributed by atoms with Crippen molar-refractivity contribution in [3.8, 4) is 0 Å². The minimum Gasteiger partial charge on any atom is -0.395 e. The number of ether oxygens (including phenoxy) is 1. The number of carbonyl (C=O) groups is 1. The lowest BCUT2D eigenvalue weighted by Crippen LogP contribution is -2.36. The average Bonchev–Trinajstić information content (AvgIpc) is 3.75. The molecular formula is C38H41FN4O3Si. The summed E-state index contributed by atoms with van der Waals surface area (Å²) in [7, 11) is -3.04. The van der Waals surface area contributed by atoms with E-state index in [1.54, 1.807) is 17.8 Å². The highest BCUT2D eigenvalue weighted by Gasteiger charge is 2.50. The van der Waals surface area contributed by atoms with Gasteiger partial charge in [-0.3, -0.25) is 14.4 Å². The van der Waals surface area contributed by atoms with Gasteiger partial charge in [0.2, 0.25) is 8.41 Å². The van der Waals surface area contributed by atoms with Crippen LogP contribution in [0, 0.1) is 5.92 Å². The second-order valence-electron chi connectivity index (χ2n) is 13.5. The molecule has 0 bridgehead atoms. The average molecular weight is 649 g/mol. The Morgan fingerprint density at radius 3 is 2.49 bits per heavy atom. The molecule has 5 aromatic rings. The van der Waals surface area contributed by atoms with E-state index in [1.807, 2.05) is 90.0 Å². The number of carbonyl (C=O) groups excluding carboxylic acids is 1. The van der Waals surface area contributed by atoms with E-state index in [9.17, 15) is 9.90 Å². The van der Waals surface area contributed by atoms with Gasteiger partial charge in [-0.15, -0.1) is 5.10 Å². The summed E-state index contributed by atoms with van der Waals surface area (Å²) in [5.41, 5.74) is 5.21. The van der Waals surface area contributed by atoms with Gasteiger partial charge in [0.1, 0.15) is 0 Å². The van der Waals surface area contributed by atoms with Gasteiger partial charge in [-0.25, -0.2) is 0 Å². The van der Waals surface area contributed by atoms with Crippen LogP contribution in [0.2, 0.25) is 18.6 Å². The maximum Gasteiger partial charge on any atom is 0.263 e. The van der Waals surface area contributed by atoms with Crippen molar-refractivity contribution in [2.45, 2.75) is 69.5 Å². The number of benzene rings is 4. The molecule has 7 nitrogen and oxygen atoms in total. The topological polar surface area (TPSA) is 80.5 Å². The van der Waals surface area contributed by atoms with Crippen molar-refractivity contribution in [1.82, 2.24) is 15.0 Å². The van der Waals surface area contributed by atoms with Crippen LogP contribution in [0.4, 0.5) is 15.5 Å². The van der Waals surface area contributed by atoms with Crippen LogP contribution in [0.3, 0.4) is 0 Å².